The highest BCUT2D eigenvalue weighted by Crippen LogP contribution is 2.47. The molecule has 0 fully saturated rings. The van der Waals surface area contributed by atoms with E-state index in [-0.39, 0.29) is 17.2 Å². The zero-order valence-corrected chi connectivity index (χ0v) is 18.3. The molecular weight excluding hydrogens is 379 g/mol. The summed E-state index contributed by atoms with van der Waals surface area (Å²) in [6, 6.07) is 14.5. The molecule has 0 spiro atoms. The van der Waals surface area contributed by atoms with Crippen molar-refractivity contribution < 1.29 is 13.9 Å². The van der Waals surface area contributed by atoms with Crippen LogP contribution in [0.25, 0.3) is 5.57 Å². The predicted molar refractivity (Wildman–Crippen MR) is 117 cm³/mol. The van der Waals surface area contributed by atoms with E-state index in [1.54, 1.807) is 26.4 Å². The number of hydrogen-bond donors (Lipinski definition) is 1. The number of rotatable bonds is 4. The Balaban J connectivity index is 2.28. The molecule has 0 amide bonds. The Morgan fingerprint density at radius 3 is 2.17 bits per heavy atom. The van der Waals surface area contributed by atoms with Crippen LogP contribution in [0.4, 0.5) is 4.39 Å². The Hall–Kier alpha value is -3.26. The molecule has 3 rings (SSSR count). The average molecular weight is 407 g/mol. The number of dihydropyridines is 1. The fraction of sp³-hybridized carbons (Fsp3) is 0.320. The van der Waals surface area contributed by atoms with Crippen LogP contribution in [0.15, 0.2) is 59.4 Å². The number of allylic oxidation sites excluding steroid dienone is 4. The number of nitrogens with one attached hydrogen (secondary N) is 1. The van der Waals surface area contributed by atoms with Crippen LogP contribution in [-0.2, 0) is 0 Å². The summed E-state index contributed by atoms with van der Waals surface area (Å²) < 4.78 is 24.5. The first-order chi connectivity index (χ1) is 14.2. The highest BCUT2D eigenvalue weighted by Gasteiger charge is 2.35. The van der Waals surface area contributed by atoms with E-state index in [0.29, 0.717) is 17.1 Å². The number of nitriles is 1. The first-order valence-corrected chi connectivity index (χ1v) is 9.81. The van der Waals surface area contributed by atoms with Crippen LogP contribution in [0.1, 0.15) is 44.7 Å². The van der Waals surface area contributed by atoms with Gasteiger partial charge in [-0.2, -0.15) is 5.26 Å². The largest absolute Gasteiger partial charge is 0.493 e. The van der Waals surface area contributed by atoms with Crippen molar-refractivity contribution in [1.82, 2.24) is 5.32 Å². The van der Waals surface area contributed by atoms with E-state index in [1.165, 1.54) is 12.1 Å². The van der Waals surface area contributed by atoms with Crippen LogP contribution in [0.5, 0.6) is 11.5 Å². The topological polar surface area (TPSA) is 54.3 Å². The van der Waals surface area contributed by atoms with Crippen molar-refractivity contribution in [3.8, 4) is 17.6 Å². The maximum atomic E-state index is 13.6. The van der Waals surface area contributed by atoms with E-state index in [0.717, 1.165) is 28.1 Å². The monoisotopic (exact) mass is 406 g/mol. The van der Waals surface area contributed by atoms with Crippen molar-refractivity contribution >= 4 is 5.57 Å². The summed E-state index contributed by atoms with van der Waals surface area (Å²) >= 11 is 0. The highest BCUT2D eigenvalue weighted by atomic mass is 19.1. The average Bonchev–Trinajstić information content (AvgIpc) is 2.72. The summed E-state index contributed by atoms with van der Waals surface area (Å²) in [5.74, 6) is 0.606. The fourth-order valence-electron chi connectivity index (χ4n) is 3.91. The predicted octanol–water partition coefficient (Wildman–Crippen LogP) is 5.78. The number of halogens is 1. The number of ether oxygens (including phenoxy) is 2. The smallest absolute Gasteiger partial charge is 0.161 e. The van der Waals surface area contributed by atoms with Gasteiger partial charge in [-0.1, -0.05) is 39.0 Å². The van der Waals surface area contributed by atoms with Crippen molar-refractivity contribution in [2.75, 3.05) is 14.2 Å². The summed E-state index contributed by atoms with van der Waals surface area (Å²) in [5, 5.41) is 13.6. The highest BCUT2D eigenvalue weighted by molar-refractivity contribution is 5.81. The molecule has 0 saturated heterocycles. The molecule has 30 heavy (non-hydrogen) atoms. The van der Waals surface area contributed by atoms with Gasteiger partial charge in [0.25, 0.3) is 0 Å². The van der Waals surface area contributed by atoms with Crippen molar-refractivity contribution in [2.24, 2.45) is 5.41 Å². The number of nitrogens with zero attached hydrogens (tertiary/aromatic N) is 1. The van der Waals surface area contributed by atoms with E-state index in [2.05, 4.69) is 32.2 Å². The first-order valence-electron chi connectivity index (χ1n) is 9.81. The Kier molecular flexibility index (Phi) is 5.89. The molecule has 1 atom stereocenters. The molecule has 0 aromatic heterocycles. The van der Waals surface area contributed by atoms with Gasteiger partial charge in [0.1, 0.15) is 5.82 Å². The van der Waals surface area contributed by atoms with Crippen molar-refractivity contribution in [3.63, 3.8) is 0 Å². The first kappa shape index (κ1) is 21.4. The van der Waals surface area contributed by atoms with Crippen molar-refractivity contribution in [2.45, 2.75) is 33.6 Å². The summed E-state index contributed by atoms with van der Waals surface area (Å²) in [6.45, 7) is 8.22. The Bertz CT molecular complexity index is 1050. The minimum Gasteiger partial charge on any atom is -0.493 e. The molecule has 0 aliphatic carbocycles. The molecule has 0 radical (unpaired) electrons. The van der Waals surface area contributed by atoms with Crippen LogP contribution >= 0.6 is 0 Å². The van der Waals surface area contributed by atoms with E-state index in [4.69, 9.17) is 9.47 Å². The zero-order valence-electron chi connectivity index (χ0n) is 18.3. The van der Waals surface area contributed by atoms with Gasteiger partial charge in [-0.05, 0) is 47.9 Å². The molecular formula is C25H27FN2O2. The fourth-order valence-corrected chi connectivity index (χ4v) is 3.91. The third kappa shape index (κ3) is 3.91. The molecule has 5 heteroatoms. The second-order valence-electron chi connectivity index (χ2n) is 8.37. The van der Waals surface area contributed by atoms with Gasteiger partial charge < -0.3 is 14.8 Å². The second-order valence-corrected chi connectivity index (χ2v) is 8.37. The Labute approximate surface area is 177 Å². The lowest BCUT2D eigenvalue weighted by Gasteiger charge is -2.36. The molecule has 1 aliphatic rings. The second kappa shape index (κ2) is 8.23. The van der Waals surface area contributed by atoms with Crippen LogP contribution < -0.4 is 14.8 Å². The summed E-state index contributed by atoms with van der Waals surface area (Å²) in [7, 11) is 3.19. The van der Waals surface area contributed by atoms with Gasteiger partial charge in [-0.25, -0.2) is 4.39 Å². The van der Waals surface area contributed by atoms with Gasteiger partial charge in [0.2, 0.25) is 0 Å². The van der Waals surface area contributed by atoms with E-state index >= 15 is 0 Å². The summed E-state index contributed by atoms with van der Waals surface area (Å²) in [5.41, 5.74) is 4.92. The van der Waals surface area contributed by atoms with Crippen LogP contribution in [0.3, 0.4) is 0 Å². The zero-order chi connectivity index (χ0) is 22.1. The van der Waals surface area contributed by atoms with Gasteiger partial charge in [0.15, 0.2) is 11.5 Å². The van der Waals surface area contributed by atoms with Gasteiger partial charge in [0.05, 0.1) is 25.9 Å². The number of hydrogen-bond acceptors (Lipinski definition) is 4. The van der Waals surface area contributed by atoms with E-state index in [9.17, 15) is 9.65 Å². The van der Waals surface area contributed by atoms with Gasteiger partial charge >= 0.3 is 0 Å². The molecule has 2 aromatic rings. The Morgan fingerprint density at radius 2 is 1.63 bits per heavy atom. The third-order valence-electron chi connectivity index (χ3n) is 5.33. The Morgan fingerprint density at radius 1 is 1.00 bits per heavy atom. The quantitative estimate of drug-likeness (QED) is 0.699. The van der Waals surface area contributed by atoms with Crippen LogP contribution in [0, 0.1) is 22.6 Å². The lowest BCUT2D eigenvalue weighted by atomic mass is 9.74. The molecule has 1 aliphatic heterocycles. The third-order valence-corrected chi connectivity index (χ3v) is 5.33. The lowest BCUT2D eigenvalue weighted by molar-refractivity contribution is 0.355. The van der Waals surface area contributed by atoms with Gasteiger partial charge in [0, 0.05) is 22.7 Å². The number of methoxy groups -OCH3 is 2. The normalized spacial score (nSPS) is 16.8. The SMILES string of the molecule is COc1ccc(C2=C(C)NC(C(C)(C)C)=C(C#N)C2c2ccc(F)cc2)cc1OC. The van der Waals surface area contributed by atoms with Gasteiger partial charge in [-0.3, -0.25) is 0 Å². The van der Waals surface area contributed by atoms with E-state index in [1.807, 2.05) is 25.1 Å². The molecule has 0 saturated carbocycles. The number of benzene rings is 2. The molecule has 1 unspecified atom stereocenters. The molecule has 2 aromatic carbocycles. The summed E-state index contributed by atoms with van der Waals surface area (Å²) in [6.07, 6.45) is 0. The van der Waals surface area contributed by atoms with Crippen LogP contribution in [-0.4, -0.2) is 14.2 Å². The maximum Gasteiger partial charge on any atom is 0.161 e. The molecule has 4 nitrogen and oxygen atoms in total. The molecule has 0 bridgehead atoms. The molecule has 1 N–H and O–H groups in total. The van der Waals surface area contributed by atoms with Crippen LogP contribution in [0.2, 0.25) is 0 Å². The van der Waals surface area contributed by atoms with E-state index < -0.39 is 0 Å². The van der Waals surface area contributed by atoms with Gasteiger partial charge in [-0.15, -0.1) is 0 Å². The van der Waals surface area contributed by atoms with Crippen molar-refractivity contribution in [1.29, 1.82) is 5.26 Å². The molecule has 1 heterocycles. The summed E-state index contributed by atoms with van der Waals surface area (Å²) in [4.78, 5) is 0. The lowest BCUT2D eigenvalue weighted by Crippen LogP contribution is -2.31. The standard InChI is InChI=1S/C25H27FN2O2/c1-15-22(17-9-12-20(29-5)21(13-17)30-6)23(16-7-10-18(26)11-8-16)19(14-27)24(28-15)25(2,3)4/h7-13,23,28H,1-6H3. The minimum absolute atomic E-state index is 0.256. The van der Waals surface area contributed by atoms with Crippen molar-refractivity contribution in [3.05, 3.63) is 76.4 Å². The maximum absolute atomic E-state index is 13.6. The minimum atomic E-state index is -0.329. The molecule has 156 valence electrons.